The molecule has 0 aromatic heterocycles. The summed E-state index contributed by atoms with van der Waals surface area (Å²) in [5, 5.41) is 2.85. The monoisotopic (exact) mass is 296 g/mol. The summed E-state index contributed by atoms with van der Waals surface area (Å²) in [5.74, 6) is 0.00139. The Morgan fingerprint density at radius 1 is 1.35 bits per heavy atom. The van der Waals surface area contributed by atoms with Gasteiger partial charge < -0.3 is 15.0 Å². The molecule has 0 radical (unpaired) electrons. The van der Waals surface area contributed by atoms with Crippen LogP contribution in [-0.4, -0.2) is 43.5 Å². The van der Waals surface area contributed by atoms with E-state index in [4.69, 9.17) is 16.3 Å². The lowest BCUT2D eigenvalue weighted by Crippen LogP contribution is -2.38. The molecule has 0 saturated carbocycles. The molecule has 0 bridgehead atoms. The third-order valence-corrected chi connectivity index (χ3v) is 3.68. The number of halogens is 1. The number of hydrogen-bond donors (Lipinski definition) is 1. The highest BCUT2D eigenvalue weighted by molar-refractivity contribution is 6.35. The van der Waals surface area contributed by atoms with Crippen molar-refractivity contribution in [3.8, 4) is 5.75 Å². The number of nitrogens with zero attached hydrogens (tertiary/aromatic N) is 1. The van der Waals surface area contributed by atoms with Crippen LogP contribution in [0, 0.1) is 0 Å². The summed E-state index contributed by atoms with van der Waals surface area (Å²) in [7, 11) is 1.49. The lowest BCUT2D eigenvalue weighted by Gasteiger charge is -2.15. The van der Waals surface area contributed by atoms with Gasteiger partial charge in [-0.15, -0.1) is 0 Å². The molecule has 0 unspecified atom stereocenters. The zero-order valence-corrected chi connectivity index (χ0v) is 12.1. The number of carbonyl (C=O) groups is 2. The Hall–Kier alpha value is -1.75. The number of nitrogens with one attached hydrogen (secondary N) is 1. The number of rotatable bonds is 4. The molecule has 1 saturated heterocycles. The number of benzene rings is 1. The van der Waals surface area contributed by atoms with E-state index < -0.39 is 0 Å². The molecule has 6 heteroatoms. The molecule has 1 aliphatic heterocycles. The molecule has 0 atom stereocenters. The van der Waals surface area contributed by atoms with E-state index in [0.29, 0.717) is 11.3 Å². The molecule has 20 heavy (non-hydrogen) atoms. The zero-order chi connectivity index (χ0) is 14.5. The quantitative estimate of drug-likeness (QED) is 0.920. The highest BCUT2D eigenvalue weighted by Gasteiger charge is 2.19. The van der Waals surface area contributed by atoms with Crippen molar-refractivity contribution in [3.05, 3.63) is 28.8 Å². The Kier molecular flexibility index (Phi) is 4.84. The lowest BCUT2D eigenvalue weighted by atomic mass is 10.2. The van der Waals surface area contributed by atoms with Crippen molar-refractivity contribution in [2.75, 3.05) is 26.7 Å². The van der Waals surface area contributed by atoms with Crippen LogP contribution in [0.4, 0.5) is 0 Å². The minimum atomic E-state index is -0.374. The molecule has 1 N–H and O–H groups in total. The second kappa shape index (κ2) is 6.61. The van der Waals surface area contributed by atoms with Crippen molar-refractivity contribution in [3.63, 3.8) is 0 Å². The number of carbonyl (C=O) groups excluding carboxylic acids is 2. The Morgan fingerprint density at radius 3 is 2.70 bits per heavy atom. The number of amides is 2. The number of methoxy groups -OCH3 is 1. The van der Waals surface area contributed by atoms with Crippen molar-refractivity contribution in [2.24, 2.45) is 0 Å². The van der Waals surface area contributed by atoms with Gasteiger partial charge in [-0.2, -0.15) is 0 Å². The minimum Gasteiger partial charge on any atom is -0.495 e. The molecule has 1 aromatic rings. The van der Waals surface area contributed by atoms with Crippen molar-refractivity contribution < 1.29 is 14.3 Å². The zero-order valence-electron chi connectivity index (χ0n) is 11.3. The van der Waals surface area contributed by atoms with Gasteiger partial charge in [-0.05, 0) is 25.0 Å². The molecule has 2 rings (SSSR count). The summed E-state index contributed by atoms with van der Waals surface area (Å²) in [6.45, 7) is 1.54. The second-order valence-electron chi connectivity index (χ2n) is 4.59. The van der Waals surface area contributed by atoms with E-state index in [-0.39, 0.29) is 23.4 Å². The van der Waals surface area contributed by atoms with Crippen LogP contribution in [-0.2, 0) is 4.79 Å². The fraction of sp³-hybridized carbons (Fsp3) is 0.429. The summed E-state index contributed by atoms with van der Waals surface area (Å²) >= 11 is 6.07. The standard InChI is InChI=1S/C14H17ClN2O3/c1-20-11-6-4-5-10(13(11)15)14(19)16-9-12(18)17-7-2-3-8-17/h4-6H,2-3,7-9H2,1H3,(H,16,19). The molecule has 1 aromatic carbocycles. The topological polar surface area (TPSA) is 58.6 Å². The van der Waals surface area contributed by atoms with Gasteiger partial charge in [0.1, 0.15) is 5.75 Å². The van der Waals surface area contributed by atoms with E-state index in [1.54, 1.807) is 23.1 Å². The van der Waals surface area contributed by atoms with E-state index in [2.05, 4.69) is 5.32 Å². The van der Waals surface area contributed by atoms with E-state index >= 15 is 0 Å². The summed E-state index contributed by atoms with van der Waals surface area (Å²) in [5.41, 5.74) is 0.306. The van der Waals surface area contributed by atoms with Crippen LogP contribution < -0.4 is 10.1 Å². The average Bonchev–Trinajstić information content (AvgIpc) is 2.99. The van der Waals surface area contributed by atoms with Crippen LogP contribution >= 0.6 is 11.6 Å². The molecular formula is C14H17ClN2O3. The first-order valence-electron chi connectivity index (χ1n) is 6.52. The Balaban J connectivity index is 1.96. The van der Waals surface area contributed by atoms with Gasteiger partial charge in [-0.25, -0.2) is 0 Å². The van der Waals surface area contributed by atoms with Gasteiger partial charge in [0, 0.05) is 13.1 Å². The van der Waals surface area contributed by atoms with E-state index in [1.165, 1.54) is 7.11 Å². The Labute approximate surface area is 122 Å². The predicted molar refractivity (Wildman–Crippen MR) is 76.2 cm³/mol. The molecule has 108 valence electrons. The van der Waals surface area contributed by atoms with Gasteiger partial charge in [0.25, 0.3) is 5.91 Å². The van der Waals surface area contributed by atoms with Crippen molar-refractivity contribution in [2.45, 2.75) is 12.8 Å². The van der Waals surface area contributed by atoms with Crippen LogP contribution in [0.2, 0.25) is 5.02 Å². The minimum absolute atomic E-state index is 0.00757. The molecule has 1 fully saturated rings. The highest BCUT2D eigenvalue weighted by Crippen LogP contribution is 2.27. The molecule has 0 spiro atoms. The molecule has 1 heterocycles. The summed E-state index contributed by atoms with van der Waals surface area (Å²) in [6, 6.07) is 4.96. The van der Waals surface area contributed by atoms with Gasteiger partial charge >= 0.3 is 0 Å². The largest absolute Gasteiger partial charge is 0.495 e. The van der Waals surface area contributed by atoms with Crippen LogP contribution in [0.5, 0.6) is 5.75 Å². The first-order valence-corrected chi connectivity index (χ1v) is 6.89. The number of likely N-dealkylation sites (tertiary alicyclic amines) is 1. The summed E-state index contributed by atoms with van der Waals surface area (Å²) in [6.07, 6.45) is 2.06. The smallest absolute Gasteiger partial charge is 0.253 e. The number of hydrogen-bond acceptors (Lipinski definition) is 3. The van der Waals surface area contributed by atoms with E-state index in [1.807, 2.05) is 0 Å². The Bertz CT molecular complexity index is 513. The predicted octanol–water partition coefficient (Wildman–Crippen LogP) is 1.70. The van der Waals surface area contributed by atoms with Crippen LogP contribution in [0.3, 0.4) is 0 Å². The maximum Gasteiger partial charge on any atom is 0.253 e. The lowest BCUT2D eigenvalue weighted by molar-refractivity contribution is -0.129. The van der Waals surface area contributed by atoms with Crippen LogP contribution in [0.25, 0.3) is 0 Å². The highest BCUT2D eigenvalue weighted by atomic mass is 35.5. The van der Waals surface area contributed by atoms with Crippen molar-refractivity contribution in [1.29, 1.82) is 0 Å². The van der Waals surface area contributed by atoms with Gasteiger partial charge in [0.05, 0.1) is 24.2 Å². The van der Waals surface area contributed by atoms with Crippen molar-refractivity contribution in [1.82, 2.24) is 10.2 Å². The molecule has 0 aliphatic carbocycles. The van der Waals surface area contributed by atoms with E-state index in [0.717, 1.165) is 25.9 Å². The first kappa shape index (κ1) is 14.7. The van der Waals surface area contributed by atoms with Gasteiger partial charge in [-0.1, -0.05) is 17.7 Å². The SMILES string of the molecule is COc1cccc(C(=O)NCC(=O)N2CCCC2)c1Cl. The summed E-state index contributed by atoms with van der Waals surface area (Å²) < 4.78 is 5.06. The summed E-state index contributed by atoms with van der Waals surface area (Å²) in [4.78, 5) is 25.6. The van der Waals surface area contributed by atoms with E-state index in [9.17, 15) is 9.59 Å². The van der Waals surface area contributed by atoms with Crippen LogP contribution in [0.1, 0.15) is 23.2 Å². The normalized spacial score (nSPS) is 14.2. The second-order valence-corrected chi connectivity index (χ2v) is 4.97. The number of ether oxygens (including phenoxy) is 1. The van der Waals surface area contributed by atoms with Gasteiger partial charge in [0.2, 0.25) is 5.91 Å². The first-order chi connectivity index (χ1) is 9.63. The van der Waals surface area contributed by atoms with Crippen LogP contribution in [0.15, 0.2) is 18.2 Å². The third kappa shape index (κ3) is 3.22. The molecule has 2 amide bonds. The molecule has 1 aliphatic rings. The fourth-order valence-electron chi connectivity index (χ4n) is 2.17. The average molecular weight is 297 g/mol. The maximum absolute atomic E-state index is 12.0. The fourth-order valence-corrected chi connectivity index (χ4v) is 2.46. The van der Waals surface area contributed by atoms with Crippen molar-refractivity contribution >= 4 is 23.4 Å². The molecular weight excluding hydrogens is 280 g/mol. The molecule has 5 nitrogen and oxygen atoms in total. The Morgan fingerprint density at radius 2 is 2.05 bits per heavy atom. The van der Waals surface area contributed by atoms with Gasteiger partial charge in [-0.3, -0.25) is 9.59 Å². The van der Waals surface area contributed by atoms with Gasteiger partial charge in [0.15, 0.2) is 0 Å². The third-order valence-electron chi connectivity index (χ3n) is 3.29. The maximum atomic E-state index is 12.0.